The lowest BCUT2D eigenvalue weighted by Gasteiger charge is -2.17. The van der Waals surface area contributed by atoms with Gasteiger partial charge in [0, 0.05) is 57.9 Å². The van der Waals surface area contributed by atoms with E-state index in [4.69, 9.17) is 22.1 Å². The van der Waals surface area contributed by atoms with E-state index in [1.54, 1.807) is 42.5 Å². The fraction of sp³-hybridized carbons (Fsp3) is 0.118. The summed E-state index contributed by atoms with van der Waals surface area (Å²) in [6.07, 6.45) is 0.669. The number of nitrogens with zero attached hydrogens (tertiary/aromatic N) is 1. The molecule has 0 bridgehead atoms. The van der Waals surface area contributed by atoms with Gasteiger partial charge in [-0.1, -0.05) is 35.9 Å². The summed E-state index contributed by atoms with van der Waals surface area (Å²) in [6, 6.07) is 19.6. The molecule has 2 aromatic heterocycles. The molecule has 0 radical (unpaired) electrons. The van der Waals surface area contributed by atoms with Gasteiger partial charge in [-0.15, -0.1) is 11.3 Å². The Morgan fingerprint density at radius 2 is 1.80 bits per heavy atom. The Morgan fingerprint density at radius 1 is 1.00 bits per heavy atom. The number of pyridine rings is 1. The molecule has 0 atom stereocenters. The first-order chi connectivity index (χ1) is 22.2. The van der Waals surface area contributed by atoms with Gasteiger partial charge in [0.2, 0.25) is 0 Å². The van der Waals surface area contributed by atoms with Crippen LogP contribution in [0.1, 0.15) is 48.0 Å². The quantitative estimate of drug-likeness (QED) is 0.148. The number of ether oxygens (including phenoxy) is 1. The fourth-order valence-electron chi connectivity index (χ4n) is 5.17. The number of rotatable bonds is 8. The molecule has 5 N–H and O–H groups in total. The summed E-state index contributed by atoms with van der Waals surface area (Å²) in [5.74, 6) is -2.79. The molecule has 0 spiro atoms. The van der Waals surface area contributed by atoms with E-state index < -0.39 is 29.3 Å². The van der Waals surface area contributed by atoms with Gasteiger partial charge < -0.3 is 26.2 Å². The third-order valence-corrected chi connectivity index (χ3v) is 8.81. The highest BCUT2D eigenvalue weighted by atomic mass is 35.5. The summed E-state index contributed by atoms with van der Waals surface area (Å²) in [7, 11) is 0. The first-order valence-corrected chi connectivity index (χ1v) is 15.4. The molecule has 46 heavy (non-hydrogen) atoms. The number of hydrogen-bond acceptors (Lipinski definition) is 7. The molecule has 12 heteroatoms. The first-order valence-electron chi connectivity index (χ1n) is 14.2. The number of carboxylic acid groups (broad SMARTS) is 1. The van der Waals surface area contributed by atoms with E-state index in [1.165, 1.54) is 35.6 Å². The van der Waals surface area contributed by atoms with Gasteiger partial charge in [0.15, 0.2) is 5.69 Å². The first kappa shape index (κ1) is 30.9. The number of nitrogens with one attached hydrogen (secondary N) is 2. The standard InChI is InChI=1S/C34H26ClFN4O5S/c35-26-3-1-2-20(29(26)36)17-38-33(42)27-9-8-22(30(40-27)34(43)44)23-15-28-25(31-19(10-12-45-28)11-13-46-31)14-24(23)32(41)39-21-6-4-18(16-37)5-7-21/h1-9,11,13-15H,10,12,16-17,37H2,(H,38,42)(H,39,41)(H,43,44). The lowest BCUT2D eigenvalue weighted by Crippen LogP contribution is -2.25. The Balaban J connectivity index is 1.40. The zero-order valence-corrected chi connectivity index (χ0v) is 25.7. The Labute approximate surface area is 271 Å². The molecule has 3 aromatic carbocycles. The second-order valence-corrected chi connectivity index (χ2v) is 11.7. The summed E-state index contributed by atoms with van der Waals surface area (Å²) in [5.41, 5.74) is 8.97. The molecule has 5 aromatic rings. The van der Waals surface area contributed by atoms with Gasteiger partial charge in [-0.2, -0.15) is 0 Å². The number of aromatic carboxylic acids is 1. The number of fused-ring (bicyclic) bond motifs is 3. The molecule has 1 aliphatic heterocycles. The summed E-state index contributed by atoms with van der Waals surface area (Å²) in [5, 5.41) is 17.5. The maximum absolute atomic E-state index is 14.3. The van der Waals surface area contributed by atoms with Crippen molar-refractivity contribution >= 4 is 46.4 Å². The maximum Gasteiger partial charge on any atom is 0.355 e. The zero-order chi connectivity index (χ0) is 32.4. The minimum atomic E-state index is -1.41. The molecule has 2 amide bonds. The fourth-order valence-corrected chi connectivity index (χ4v) is 6.34. The van der Waals surface area contributed by atoms with Crippen LogP contribution in [0.15, 0.2) is 78.2 Å². The van der Waals surface area contributed by atoms with E-state index in [1.807, 2.05) is 11.4 Å². The lowest BCUT2D eigenvalue weighted by molar-refractivity contribution is 0.0691. The van der Waals surface area contributed by atoms with E-state index in [-0.39, 0.29) is 39.5 Å². The SMILES string of the molecule is NCc1ccc(NC(=O)c2cc3c(cc2-c2ccc(C(=O)NCc4cccc(Cl)c4F)nc2C(=O)O)OCCc2ccsc2-3)cc1. The highest BCUT2D eigenvalue weighted by molar-refractivity contribution is 7.13. The number of carbonyl (C=O) groups excluding carboxylic acids is 2. The van der Waals surface area contributed by atoms with Gasteiger partial charge >= 0.3 is 5.97 Å². The number of nitrogens with two attached hydrogens (primary N) is 1. The van der Waals surface area contributed by atoms with Gasteiger partial charge in [0.25, 0.3) is 11.8 Å². The second-order valence-electron chi connectivity index (χ2n) is 10.4. The molecule has 0 fully saturated rings. The average Bonchev–Trinajstić information content (AvgIpc) is 3.46. The van der Waals surface area contributed by atoms with Crippen molar-refractivity contribution in [2.75, 3.05) is 11.9 Å². The van der Waals surface area contributed by atoms with Gasteiger partial charge in [0.05, 0.1) is 11.6 Å². The van der Waals surface area contributed by atoms with Gasteiger partial charge in [-0.05, 0) is 65.0 Å². The largest absolute Gasteiger partial charge is 0.493 e. The van der Waals surface area contributed by atoms with Crippen LogP contribution in [0.3, 0.4) is 0 Å². The number of aromatic nitrogens is 1. The molecule has 1 aliphatic rings. The van der Waals surface area contributed by atoms with Crippen molar-refractivity contribution in [1.82, 2.24) is 10.3 Å². The van der Waals surface area contributed by atoms with Crippen molar-refractivity contribution < 1.29 is 28.6 Å². The lowest BCUT2D eigenvalue weighted by atomic mass is 9.93. The smallest absolute Gasteiger partial charge is 0.355 e. The van der Waals surface area contributed by atoms with Gasteiger partial charge in [-0.3, -0.25) is 9.59 Å². The number of carboxylic acids is 1. The van der Waals surface area contributed by atoms with Gasteiger partial charge in [-0.25, -0.2) is 14.2 Å². The number of hydrogen-bond donors (Lipinski definition) is 4. The third-order valence-electron chi connectivity index (χ3n) is 7.52. The summed E-state index contributed by atoms with van der Waals surface area (Å²) >= 11 is 7.36. The van der Waals surface area contributed by atoms with Crippen molar-refractivity contribution in [3.63, 3.8) is 0 Å². The molecule has 0 saturated heterocycles. The Kier molecular flexibility index (Phi) is 8.80. The highest BCUT2D eigenvalue weighted by Gasteiger charge is 2.26. The number of thiophene rings is 1. The topological polar surface area (TPSA) is 144 Å². The number of benzene rings is 3. The monoisotopic (exact) mass is 656 g/mol. The van der Waals surface area contributed by atoms with Crippen molar-refractivity contribution in [1.29, 1.82) is 0 Å². The van der Waals surface area contributed by atoms with Gasteiger partial charge in [0.1, 0.15) is 17.3 Å². The van der Waals surface area contributed by atoms with Crippen LogP contribution in [0.25, 0.3) is 21.6 Å². The Hall–Kier alpha value is -5.10. The maximum atomic E-state index is 14.3. The molecule has 0 aliphatic carbocycles. The molecular formula is C34H26ClFN4O5S. The number of amides is 2. The van der Waals surface area contributed by atoms with E-state index in [0.717, 1.165) is 16.0 Å². The summed E-state index contributed by atoms with van der Waals surface area (Å²) < 4.78 is 20.4. The Morgan fingerprint density at radius 3 is 2.57 bits per heavy atom. The predicted molar refractivity (Wildman–Crippen MR) is 174 cm³/mol. The molecular weight excluding hydrogens is 631 g/mol. The van der Waals surface area contributed by atoms with Crippen LogP contribution >= 0.6 is 22.9 Å². The predicted octanol–water partition coefficient (Wildman–Crippen LogP) is 6.54. The summed E-state index contributed by atoms with van der Waals surface area (Å²) in [4.78, 5) is 44.5. The third kappa shape index (κ3) is 6.20. The number of carbonyl (C=O) groups is 3. The average molecular weight is 657 g/mol. The van der Waals surface area contributed by atoms with Crippen LogP contribution < -0.4 is 21.1 Å². The van der Waals surface area contributed by atoms with Crippen LogP contribution in [-0.2, 0) is 19.5 Å². The Bertz CT molecular complexity index is 2000. The van der Waals surface area contributed by atoms with Crippen molar-refractivity contribution in [3.8, 4) is 27.3 Å². The molecule has 0 saturated carbocycles. The van der Waals surface area contributed by atoms with Crippen LogP contribution in [-0.4, -0.2) is 34.5 Å². The molecule has 9 nitrogen and oxygen atoms in total. The second kappa shape index (κ2) is 13.1. The number of halogens is 2. The highest BCUT2D eigenvalue weighted by Crippen LogP contribution is 2.43. The van der Waals surface area contributed by atoms with Crippen molar-refractivity contribution in [3.05, 3.63) is 123 Å². The summed E-state index contributed by atoms with van der Waals surface area (Å²) in [6.45, 7) is 0.551. The molecule has 0 unspecified atom stereocenters. The number of anilines is 1. The van der Waals surface area contributed by atoms with Crippen molar-refractivity contribution in [2.24, 2.45) is 5.73 Å². The molecule has 3 heterocycles. The van der Waals surface area contributed by atoms with E-state index in [0.29, 0.717) is 36.6 Å². The van der Waals surface area contributed by atoms with E-state index in [2.05, 4.69) is 15.6 Å². The normalized spacial score (nSPS) is 11.9. The minimum Gasteiger partial charge on any atom is -0.493 e. The van der Waals surface area contributed by atoms with Crippen LogP contribution in [0.5, 0.6) is 5.75 Å². The van der Waals surface area contributed by atoms with E-state index in [9.17, 15) is 23.9 Å². The zero-order valence-electron chi connectivity index (χ0n) is 24.1. The van der Waals surface area contributed by atoms with Crippen LogP contribution in [0.4, 0.5) is 10.1 Å². The molecule has 232 valence electrons. The molecule has 6 rings (SSSR count). The van der Waals surface area contributed by atoms with Crippen LogP contribution in [0, 0.1) is 5.82 Å². The van der Waals surface area contributed by atoms with E-state index >= 15 is 0 Å². The van der Waals surface area contributed by atoms with Crippen molar-refractivity contribution in [2.45, 2.75) is 19.5 Å². The minimum absolute atomic E-state index is 0.0881. The van der Waals surface area contributed by atoms with Crippen LogP contribution in [0.2, 0.25) is 5.02 Å².